The summed E-state index contributed by atoms with van der Waals surface area (Å²) in [6.45, 7) is 3.23. The third kappa shape index (κ3) is 7.09. The lowest BCUT2D eigenvalue weighted by Gasteiger charge is -2.29. The number of likely N-dealkylation sites (N-methyl/N-ethyl adjacent to an activating group) is 1. The number of nitrogens with one attached hydrogen (secondary N) is 2. The van der Waals surface area contributed by atoms with Crippen LogP contribution in [0.25, 0.3) is 0 Å². The Hall–Kier alpha value is -2.28. The number of rotatable bonds is 8. The van der Waals surface area contributed by atoms with Gasteiger partial charge in [-0.05, 0) is 37.9 Å². The van der Waals surface area contributed by atoms with E-state index in [4.69, 9.17) is 9.47 Å². The van der Waals surface area contributed by atoms with E-state index in [1.165, 1.54) is 6.42 Å². The van der Waals surface area contributed by atoms with Gasteiger partial charge in [0.05, 0.1) is 13.7 Å². The van der Waals surface area contributed by atoms with Gasteiger partial charge in [0, 0.05) is 12.6 Å². The minimum atomic E-state index is -0.405. The lowest BCUT2D eigenvalue weighted by Crippen LogP contribution is -2.49. The molecule has 1 aliphatic carbocycles. The highest BCUT2D eigenvalue weighted by atomic mass is 16.5. The van der Waals surface area contributed by atoms with Gasteiger partial charge in [-0.3, -0.25) is 15.0 Å². The average molecular weight is 377 g/mol. The molecule has 0 heterocycles. The van der Waals surface area contributed by atoms with E-state index in [1.807, 2.05) is 31.3 Å². The Bertz CT molecular complexity index is 623. The van der Waals surface area contributed by atoms with E-state index in [2.05, 4.69) is 17.6 Å². The first-order valence-corrected chi connectivity index (χ1v) is 9.54. The summed E-state index contributed by atoms with van der Waals surface area (Å²) in [4.78, 5) is 25.9. The molecule has 7 heteroatoms. The fourth-order valence-corrected chi connectivity index (χ4v) is 3.28. The van der Waals surface area contributed by atoms with Crippen molar-refractivity contribution >= 4 is 11.9 Å². The van der Waals surface area contributed by atoms with Gasteiger partial charge in [-0.15, -0.1) is 0 Å². The summed E-state index contributed by atoms with van der Waals surface area (Å²) in [5.41, 5.74) is 0. The fraction of sp³-hybridized carbons (Fsp3) is 0.600. The maximum absolute atomic E-state index is 12.0. The van der Waals surface area contributed by atoms with Crippen molar-refractivity contribution in [2.24, 2.45) is 5.92 Å². The highest BCUT2D eigenvalue weighted by Gasteiger charge is 2.23. The molecule has 0 aromatic heterocycles. The summed E-state index contributed by atoms with van der Waals surface area (Å²) >= 11 is 0. The summed E-state index contributed by atoms with van der Waals surface area (Å²) in [5.74, 6) is 1.47. The second-order valence-corrected chi connectivity index (χ2v) is 7.13. The van der Waals surface area contributed by atoms with Gasteiger partial charge in [0.25, 0.3) is 0 Å². The Labute approximate surface area is 161 Å². The molecule has 1 saturated carbocycles. The number of methoxy groups -OCH3 is 1. The van der Waals surface area contributed by atoms with E-state index in [-0.39, 0.29) is 18.5 Å². The van der Waals surface area contributed by atoms with Crippen LogP contribution >= 0.6 is 0 Å². The van der Waals surface area contributed by atoms with Crippen molar-refractivity contribution in [3.8, 4) is 11.5 Å². The van der Waals surface area contributed by atoms with Crippen molar-refractivity contribution in [2.45, 2.75) is 38.6 Å². The molecule has 0 bridgehead atoms. The fourth-order valence-electron chi connectivity index (χ4n) is 3.28. The molecule has 1 aromatic carbocycles. The Morgan fingerprint density at radius 1 is 1.19 bits per heavy atom. The van der Waals surface area contributed by atoms with Crippen LogP contribution in [-0.2, 0) is 4.79 Å². The number of amides is 3. The number of urea groups is 1. The number of carbonyl (C=O) groups excluding carboxylic acids is 2. The highest BCUT2D eigenvalue weighted by molar-refractivity contribution is 5.95. The summed E-state index contributed by atoms with van der Waals surface area (Å²) in [6, 6.07) is 7.17. The maximum atomic E-state index is 12.0. The van der Waals surface area contributed by atoms with Crippen molar-refractivity contribution in [3.05, 3.63) is 24.3 Å². The maximum Gasteiger partial charge on any atom is 0.321 e. The number of carbonyl (C=O) groups is 2. The van der Waals surface area contributed by atoms with Crippen LogP contribution in [-0.4, -0.2) is 56.7 Å². The summed E-state index contributed by atoms with van der Waals surface area (Å²) < 4.78 is 10.9. The molecule has 7 nitrogen and oxygen atoms in total. The quantitative estimate of drug-likeness (QED) is 0.727. The normalized spacial score (nSPS) is 19.4. The van der Waals surface area contributed by atoms with Crippen molar-refractivity contribution in [3.63, 3.8) is 0 Å². The SMILES string of the molecule is COc1ccccc1OCCN(C)CC(=O)NC(=O)NC1CCCCC1C. The average Bonchev–Trinajstić information content (AvgIpc) is 2.63. The monoisotopic (exact) mass is 377 g/mol. The molecular weight excluding hydrogens is 346 g/mol. The zero-order chi connectivity index (χ0) is 19.6. The van der Waals surface area contributed by atoms with Gasteiger partial charge in [0.1, 0.15) is 6.61 Å². The first-order chi connectivity index (χ1) is 13.0. The van der Waals surface area contributed by atoms with E-state index < -0.39 is 6.03 Å². The van der Waals surface area contributed by atoms with E-state index in [1.54, 1.807) is 12.0 Å². The molecular formula is C20H31N3O4. The Morgan fingerprint density at radius 3 is 2.59 bits per heavy atom. The van der Waals surface area contributed by atoms with E-state index in [0.717, 1.165) is 19.3 Å². The summed E-state index contributed by atoms with van der Waals surface area (Å²) in [5, 5.41) is 5.34. The summed E-state index contributed by atoms with van der Waals surface area (Å²) in [7, 11) is 3.41. The molecule has 150 valence electrons. The number of para-hydroxylation sites is 2. The highest BCUT2D eigenvalue weighted by Crippen LogP contribution is 2.25. The molecule has 2 atom stereocenters. The van der Waals surface area contributed by atoms with Gasteiger partial charge in [0.2, 0.25) is 5.91 Å². The van der Waals surface area contributed by atoms with Crippen LogP contribution in [0.3, 0.4) is 0 Å². The summed E-state index contributed by atoms with van der Waals surface area (Å²) in [6.07, 6.45) is 4.43. The van der Waals surface area contributed by atoms with Gasteiger partial charge >= 0.3 is 6.03 Å². The van der Waals surface area contributed by atoms with Gasteiger partial charge in [-0.2, -0.15) is 0 Å². The zero-order valence-corrected chi connectivity index (χ0v) is 16.5. The number of hydrogen-bond donors (Lipinski definition) is 2. The van der Waals surface area contributed by atoms with Crippen molar-refractivity contribution in [1.82, 2.24) is 15.5 Å². The molecule has 27 heavy (non-hydrogen) atoms. The van der Waals surface area contributed by atoms with Crippen LogP contribution in [0.2, 0.25) is 0 Å². The molecule has 0 aliphatic heterocycles. The Balaban J connectivity index is 1.66. The first kappa shape index (κ1) is 21.0. The van der Waals surface area contributed by atoms with Crippen molar-refractivity contribution in [2.75, 3.05) is 33.9 Å². The topological polar surface area (TPSA) is 79.9 Å². The van der Waals surface area contributed by atoms with Crippen LogP contribution in [0.5, 0.6) is 11.5 Å². The number of ether oxygens (including phenoxy) is 2. The Kier molecular flexibility index (Phi) is 8.39. The predicted molar refractivity (Wildman–Crippen MR) is 104 cm³/mol. The van der Waals surface area contributed by atoms with E-state index in [0.29, 0.717) is 30.6 Å². The third-order valence-corrected chi connectivity index (χ3v) is 4.89. The molecule has 1 fully saturated rings. The minimum absolute atomic E-state index is 0.128. The van der Waals surface area contributed by atoms with Crippen LogP contribution in [0, 0.1) is 5.92 Å². The van der Waals surface area contributed by atoms with E-state index >= 15 is 0 Å². The van der Waals surface area contributed by atoms with Crippen LogP contribution in [0.4, 0.5) is 4.79 Å². The molecule has 3 amide bonds. The molecule has 1 aliphatic rings. The van der Waals surface area contributed by atoms with Gasteiger partial charge in [-0.25, -0.2) is 4.79 Å². The molecule has 2 unspecified atom stereocenters. The molecule has 0 radical (unpaired) electrons. The van der Waals surface area contributed by atoms with Gasteiger partial charge < -0.3 is 14.8 Å². The molecule has 2 rings (SSSR count). The van der Waals surface area contributed by atoms with Crippen LogP contribution in [0.1, 0.15) is 32.6 Å². The molecule has 2 N–H and O–H groups in total. The molecule has 0 spiro atoms. The molecule has 0 saturated heterocycles. The first-order valence-electron chi connectivity index (χ1n) is 9.54. The van der Waals surface area contributed by atoms with E-state index in [9.17, 15) is 9.59 Å². The van der Waals surface area contributed by atoms with Crippen molar-refractivity contribution < 1.29 is 19.1 Å². The van der Waals surface area contributed by atoms with Gasteiger partial charge in [0.15, 0.2) is 11.5 Å². The number of nitrogens with zero attached hydrogens (tertiary/aromatic N) is 1. The number of benzene rings is 1. The molecule has 1 aromatic rings. The number of hydrogen-bond acceptors (Lipinski definition) is 5. The predicted octanol–water partition coefficient (Wildman–Crippen LogP) is 2.41. The largest absolute Gasteiger partial charge is 0.493 e. The Morgan fingerprint density at radius 2 is 1.89 bits per heavy atom. The third-order valence-electron chi connectivity index (χ3n) is 4.89. The second-order valence-electron chi connectivity index (χ2n) is 7.13. The second kappa shape index (κ2) is 10.8. The lowest BCUT2D eigenvalue weighted by atomic mass is 9.86. The smallest absolute Gasteiger partial charge is 0.321 e. The minimum Gasteiger partial charge on any atom is -0.493 e. The lowest BCUT2D eigenvalue weighted by molar-refractivity contribution is -0.120. The van der Waals surface area contributed by atoms with Crippen LogP contribution in [0.15, 0.2) is 24.3 Å². The zero-order valence-electron chi connectivity index (χ0n) is 16.5. The number of imide groups is 1. The van der Waals surface area contributed by atoms with Crippen molar-refractivity contribution in [1.29, 1.82) is 0 Å². The van der Waals surface area contributed by atoms with Gasteiger partial charge in [-0.1, -0.05) is 31.9 Å². The standard InChI is InChI=1S/C20H31N3O4/c1-15-8-4-5-9-16(15)21-20(25)22-19(24)14-23(2)12-13-27-18-11-7-6-10-17(18)26-3/h6-7,10-11,15-16H,4-5,8-9,12-14H2,1-3H3,(H2,21,22,24,25). The van der Waals surface area contributed by atoms with Crippen LogP contribution < -0.4 is 20.1 Å².